The Morgan fingerprint density at radius 1 is 1.15 bits per heavy atom. The van der Waals surface area contributed by atoms with Gasteiger partial charge in [-0.2, -0.15) is 0 Å². The zero-order valence-electron chi connectivity index (χ0n) is 18.2. The van der Waals surface area contributed by atoms with Crippen molar-refractivity contribution < 1.29 is 36.7 Å². The largest absolute Gasteiger partial charge is 0.462 e. The van der Waals surface area contributed by atoms with Gasteiger partial charge in [-0.3, -0.25) is 4.79 Å². The summed E-state index contributed by atoms with van der Waals surface area (Å²) in [5, 5.41) is 0.241. The molecule has 3 aromatic rings. The van der Waals surface area contributed by atoms with Crippen LogP contribution in [0.4, 0.5) is 0 Å². The van der Waals surface area contributed by atoms with Crippen molar-refractivity contribution in [2.24, 2.45) is 0 Å². The van der Waals surface area contributed by atoms with Gasteiger partial charge >= 0.3 is 11.9 Å². The molecule has 0 amide bonds. The van der Waals surface area contributed by atoms with Gasteiger partial charge in [0, 0.05) is 14.1 Å². The first-order valence-electron chi connectivity index (χ1n) is 9.65. The topological polar surface area (TPSA) is 120 Å². The Kier molecular flexibility index (Phi) is 7.06. The lowest BCUT2D eigenvalue weighted by atomic mass is 10.1. The van der Waals surface area contributed by atoms with Gasteiger partial charge in [-0.05, 0) is 65.7 Å². The lowest BCUT2D eigenvalue weighted by molar-refractivity contribution is 0.0524. The second kappa shape index (κ2) is 9.46. The summed E-state index contributed by atoms with van der Waals surface area (Å²) in [5.41, 5.74) is 0.823. The monoisotopic (exact) mass is 537 g/mol. The van der Waals surface area contributed by atoms with E-state index in [9.17, 15) is 22.8 Å². The highest BCUT2D eigenvalue weighted by molar-refractivity contribution is 9.10. The van der Waals surface area contributed by atoms with E-state index >= 15 is 0 Å². The summed E-state index contributed by atoms with van der Waals surface area (Å²) in [6.45, 7) is 3.39. The average molecular weight is 538 g/mol. The molecule has 0 aliphatic heterocycles. The van der Waals surface area contributed by atoms with Crippen LogP contribution in [0.3, 0.4) is 0 Å². The molecule has 0 saturated carbocycles. The molecule has 0 spiro atoms. The van der Waals surface area contributed by atoms with E-state index in [4.69, 9.17) is 13.9 Å². The van der Waals surface area contributed by atoms with Crippen molar-refractivity contribution in [2.45, 2.75) is 18.7 Å². The number of aldehydes is 1. The number of hydrogen-bond donors (Lipinski definition) is 0. The Labute approximate surface area is 198 Å². The second-order valence-corrected chi connectivity index (χ2v) is 10.0. The third-order valence-corrected chi connectivity index (χ3v) is 7.35. The number of sulfonamides is 1. The molecule has 0 aliphatic carbocycles. The predicted octanol–water partition coefficient (Wildman–Crippen LogP) is 3.96. The van der Waals surface area contributed by atoms with E-state index in [1.807, 2.05) is 0 Å². The number of hydrogen-bond acceptors (Lipinski definition) is 8. The first kappa shape index (κ1) is 24.6. The minimum Gasteiger partial charge on any atom is -0.462 e. The highest BCUT2D eigenvalue weighted by Crippen LogP contribution is 2.40. The Bertz CT molecular complexity index is 1360. The van der Waals surface area contributed by atoms with Gasteiger partial charge in [-0.25, -0.2) is 22.3 Å². The summed E-state index contributed by atoms with van der Waals surface area (Å²) < 4.78 is 41.8. The van der Waals surface area contributed by atoms with E-state index in [0.29, 0.717) is 11.8 Å². The summed E-state index contributed by atoms with van der Waals surface area (Å²) in [7, 11) is -0.828. The highest BCUT2D eigenvalue weighted by atomic mass is 79.9. The van der Waals surface area contributed by atoms with Crippen molar-refractivity contribution in [3.05, 3.63) is 57.3 Å². The zero-order valence-corrected chi connectivity index (χ0v) is 20.6. The summed E-state index contributed by atoms with van der Waals surface area (Å²) in [6.07, 6.45) is 0.410. The van der Waals surface area contributed by atoms with Crippen molar-refractivity contribution in [1.29, 1.82) is 0 Å². The molecule has 1 heterocycles. The van der Waals surface area contributed by atoms with Crippen LogP contribution in [0, 0.1) is 6.92 Å². The molecule has 0 saturated heterocycles. The lowest BCUT2D eigenvalue weighted by Crippen LogP contribution is -2.22. The van der Waals surface area contributed by atoms with Crippen LogP contribution in [-0.4, -0.2) is 51.7 Å². The number of carbonyl (C=O) groups excluding carboxylic acids is 3. The lowest BCUT2D eigenvalue weighted by Gasteiger charge is -2.12. The van der Waals surface area contributed by atoms with Gasteiger partial charge in [0.15, 0.2) is 12.0 Å². The van der Waals surface area contributed by atoms with Crippen LogP contribution in [0.15, 0.2) is 44.1 Å². The maximum Gasteiger partial charge on any atom is 0.343 e. The van der Waals surface area contributed by atoms with Crippen LogP contribution in [0.2, 0.25) is 0 Å². The van der Waals surface area contributed by atoms with E-state index in [1.54, 1.807) is 13.8 Å². The molecule has 0 aliphatic rings. The van der Waals surface area contributed by atoms with Gasteiger partial charge < -0.3 is 13.9 Å². The van der Waals surface area contributed by atoms with Crippen molar-refractivity contribution in [3.63, 3.8) is 0 Å². The molecule has 0 radical (unpaired) electrons. The van der Waals surface area contributed by atoms with Crippen LogP contribution >= 0.6 is 15.9 Å². The first-order valence-corrected chi connectivity index (χ1v) is 11.9. The highest BCUT2D eigenvalue weighted by Gasteiger charge is 2.27. The number of benzene rings is 2. The number of esters is 2. The van der Waals surface area contributed by atoms with E-state index in [2.05, 4.69) is 15.9 Å². The number of rotatable bonds is 7. The fourth-order valence-electron chi connectivity index (χ4n) is 3.08. The molecule has 9 nitrogen and oxygen atoms in total. The Morgan fingerprint density at radius 2 is 1.79 bits per heavy atom. The molecule has 3 rings (SSSR count). The van der Waals surface area contributed by atoms with Crippen LogP contribution in [0.25, 0.3) is 11.0 Å². The molecule has 174 valence electrons. The van der Waals surface area contributed by atoms with Crippen molar-refractivity contribution in [2.75, 3.05) is 20.7 Å². The summed E-state index contributed by atoms with van der Waals surface area (Å²) in [4.78, 5) is 36.7. The third kappa shape index (κ3) is 4.56. The average Bonchev–Trinajstić information content (AvgIpc) is 3.18. The van der Waals surface area contributed by atoms with Gasteiger partial charge in [0.1, 0.15) is 16.9 Å². The zero-order chi connectivity index (χ0) is 24.5. The molecular weight excluding hydrogens is 518 g/mol. The quantitative estimate of drug-likeness (QED) is 0.252. The molecule has 11 heteroatoms. The standard InChI is InChI=1S/C22H20BrNO8S/c1-5-30-22(27)17-16(11-25)31-20-12(2)10-15(19(23)18(17)20)32-21(26)13-6-8-14(9-7-13)33(28,29)24(3)4/h6-11H,5H2,1-4H3. The molecule has 0 fully saturated rings. The van der Waals surface area contributed by atoms with E-state index in [-0.39, 0.29) is 49.6 Å². The molecular formula is C22H20BrNO8S. The Morgan fingerprint density at radius 3 is 2.33 bits per heavy atom. The number of carbonyl (C=O) groups is 3. The van der Waals surface area contributed by atoms with E-state index in [1.165, 1.54) is 44.4 Å². The first-order chi connectivity index (χ1) is 15.5. The second-order valence-electron chi connectivity index (χ2n) is 7.09. The number of nitrogens with zero attached hydrogens (tertiary/aromatic N) is 1. The number of fused-ring (bicyclic) bond motifs is 1. The SMILES string of the molecule is CCOC(=O)c1c(C=O)oc2c(C)cc(OC(=O)c3ccc(S(=O)(=O)N(C)C)cc3)c(Br)c12. The van der Waals surface area contributed by atoms with Crippen molar-refractivity contribution >= 4 is 55.1 Å². The number of aryl methyl sites for hydroxylation is 1. The summed E-state index contributed by atoms with van der Waals surface area (Å²) in [5.74, 6) is -1.62. The van der Waals surface area contributed by atoms with E-state index in [0.717, 1.165) is 4.31 Å². The van der Waals surface area contributed by atoms with Crippen LogP contribution in [-0.2, 0) is 14.8 Å². The van der Waals surface area contributed by atoms with Crippen LogP contribution in [0.1, 0.15) is 43.8 Å². The van der Waals surface area contributed by atoms with E-state index < -0.39 is 22.0 Å². The van der Waals surface area contributed by atoms with Gasteiger partial charge in [0.25, 0.3) is 0 Å². The molecule has 1 aromatic heterocycles. The number of halogens is 1. The number of furan rings is 1. The molecule has 0 atom stereocenters. The van der Waals surface area contributed by atoms with Gasteiger partial charge in [-0.1, -0.05) is 0 Å². The third-order valence-electron chi connectivity index (χ3n) is 4.73. The molecule has 0 bridgehead atoms. The predicted molar refractivity (Wildman–Crippen MR) is 122 cm³/mol. The molecule has 0 N–H and O–H groups in total. The number of ether oxygens (including phenoxy) is 2. The fourth-order valence-corrected chi connectivity index (χ4v) is 4.56. The Balaban J connectivity index is 2.02. The van der Waals surface area contributed by atoms with Crippen LogP contribution < -0.4 is 4.74 Å². The summed E-state index contributed by atoms with van der Waals surface area (Å²) in [6, 6.07) is 6.80. The maximum atomic E-state index is 12.7. The Hall–Kier alpha value is -3.02. The summed E-state index contributed by atoms with van der Waals surface area (Å²) >= 11 is 3.34. The maximum absolute atomic E-state index is 12.7. The minimum atomic E-state index is -3.64. The normalized spacial score (nSPS) is 11.6. The van der Waals surface area contributed by atoms with Gasteiger partial charge in [0.2, 0.25) is 10.0 Å². The van der Waals surface area contributed by atoms with Gasteiger partial charge in [-0.15, -0.1) is 0 Å². The fraction of sp³-hybridized carbons (Fsp3) is 0.227. The minimum absolute atomic E-state index is 0.0290. The molecule has 2 aromatic carbocycles. The van der Waals surface area contributed by atoms with Crippen LogP contribution in [0.5, 0.6) is 5.75 Å². The van der Waals surface area contributed by atoms with Crippen molar-refractivity contribution in [1.82, 2.24) is 4.31 Å². The molecule has 0 unspecified atom stereocenters. The molecule has 33 heavy (non-hydrogen) atoms. The smallest absolute Gasteiger partial charge is 0.343 e. The van der Waals surface area contributed by atoms with Crippen molar-refractivity contribution in [3.8, 4) is 5.75 Å². The van der Waals surface area contributed by atoms with Gasteiger partial charge in [0.05, 0.1) is 26.9 Å².